The number of esters is 1. The van der Waals surface area contributed by atoms with E-state index in [1.165, 1.54) is 7.11 Å². The van der Waals surface area contributed by atoms with Gasteiger partial charge in [-0.2, -0.15) is 0 Å². The minimum Gasteiger partial charge on any atom is -0.467 e. The number of methoxy groups -OCH3 is 1. The second-order valence-electron chi connectivity index (χ2n) is 3.64. The summed E-state index contributed by atoms with van der Waals surface area (Å²) in [6.45, 7) is 4.04. The van der Waals surface area contributed by atoms with Crippen LogP contribution >= 0.6 is 12.2 Å². The van der Waals surface area contributed by atoms with E-state index in [1.54, 1.807) is 0 Å². The van der Waals surface area contributed by atoms with Crippen LogP contribution in [0.15, 0.2) is 0 Å². The number of thiocarbonyl (C=S) groups is 1. The van der Waals surface area contributed by atoms with Crippen LogP contribution in [0, 0.1) is 5.41 Å². The Bertz CT molecular complexity index is 225. The Kier molecular flexibility index (Phi) is 2.37. The van der Waals surface area contributed by atoms with Crippen molar-refractivity contribution < 1.29 is 9.53 Å². The summed E-state index contributed by atoms with van der Waals surface area (Å²) in [6, 6.07) is -0.252. The number of hydrogen-bond donors (Lipinski definition) is 1. The number of rotatable bonds is 1. The van der Waals surface area contributed by atoms with Crippen LogP contribution in [0.3, 0.4) is 0 Å². The summed E-state index contributed by atoms with van der Waals surface area (Å²) >= 11 is 5.08. The van der Waals surface area contributed by atoms with Crippen molar-refractivity contribution in [2.24, 2.45) is 5.41 Å². The van der Waals surface area contributed by atoms with Crippen molar-refractivity contribution in [2.45, 2.75) is 26.3 Å². The van der Waals surface area contributed by atoms with Gasteiger partial charge in [0.1, 0.15) is 6.04 Å². The second-order valence-corrected chi connectivity index (χ2v) is 4.05. The van der Waals surface area contributed by atoms with E-state index < -0.39 is 0 Å². The van der Waals surface area contributed by atoms with Gasteiger partial charge in [-0.1, -0.05) is 26.1 Å². The molecule has 0 radical (unpaired) electrons. The Morgan fingerprint density at radius 3 is 2.67 bits per heavy atom. The van der Waals surface area contributed by atoms with Gasteiger partial charge in [-0.15, -0.1) is 0 Å². The molecule has 0 aromatic heterocycles. The summed E-state index contributed by atoms with van der Waals surface area (Å²) in [6.07, 6.45) is 0.721. The normalized spacial score (nSPS) is 26.6. The van der Waals surface area contributed by atoms with Gasteiger partial charge >= 0.3 is 5.97 Å². The molecule has 0 aromatic rings. The Hall–Kier alpha value is -0.640. The van der Waals surface area contributed by atoms with Gasteiger partial charge in [-0.25, -0.2) is 4.79 Å². The minimum atomic E-state index is -0.252. The van der Waals surface area contributed by atoms with Gasteiger partial charge in [0.2, 0.25) is 0 Å². The van der Waals surface area contributed by atoms with Gasteiger partial charge in [0.15, 0.2) is 0 Å². The fourth-order valence-corrected chi connectivity index (χ4v) is 1.52. The summed E-state index contributed by atoms with van der Waals surface area (Å²) in [5.74, 6) is -0.233. The molecular formula is C8H13NO2S. The molecule has 1 atom stereocenters. The van der Waals surface area contributed by atoms with Crippen LogP contribution in [0.25, 0.3) is 0 Å². The third-order valence-electron chi connectivity index (χ3n) is 2.12. The maximum atomic E-state index is 11.1. The van der Waals surface area contributed by atoms with Crippen molar-refractivity contribution in [2.75, 3.05) is 7.11 Å². The largest absolute Gasteiger partial charge is 0.467 e. The molecule has 1 N–H and O–H groups in total. The summed E-state index contributed by atoms with van der Waals surface area (Å²) in [4.78, 5) is 11.9. The lowest BCUT2D eigenvalue weighted by Crippen LogP contribution is -2.33. The third kappa shape index (κ3) is 1.58. The van der Waals surface area contributed by atoms with E-state index in [9.17, 15) is 4.79 Å². The number of carbonyl (C=O) groups excluding carboxylic acids is 1. The maximum absolute atomic E-state index is 11.1. The van der Waals surface area contributed by atoms with Crippen molar-refractivity contribution in [3.63, 3.8) is 0 Å². The number of ether oxygens (including phenoxy) is 1. The average molecular weight is 187 g/mol. The van der Waals surface area contributed by atoms with Crippen LogP contribution in [0.1, 0.15) is 20.3 Å². The van der Waals surface area contributed by atoms with Crippen LogP contribution in [-0.4, -0.2) is 24.1 Å². The first-order valence-corrected chi connectivity index (χ1v) is 4.27. The summed E-state index contributed by atoms with van der Waals surface area (Å²) in [5.41, 5.74) is -0.0752. The first-order valence-electron chi connectivity index (χ1n) is 3.86. The van der Waals surface area contributed by atoms with Crippen LogP contribution < -0.4 is 5.32 Å². The van der Waals surface area contributed by atoms with Gasteiger partial charge in [0.25, 0.3) is 0 Å². The van der Waals surface area contributed by atoms with Gasteiger partial charge < -0.3 is 10.1 Å². The lowest BCUT2D eigenvalue weighted by molar-refractivity contribution is -0.142. The first kappa shape index (κ1) is 9.45. The number of hydrogen-bond acceptors (Lipinski definition) is 3. The Morgan fingerprint density at radius 1 is 1.75 bits per heavy atom. The van der Waals surface area contributed by atoms with Gasteiger partial charge in [-0.3, -0.25) is 0 Å². The lowest BCUT2D eigenvalue weighted by atomic mass is 9.90. The fourth-order valence-electron chi connectivity index (χ4n) is 1.29. The van der Waals surface area contributed by atoms with Crippen molar-refractivity contribution in [1.82, 2.24) is 5.32 Å². The molecule has 68 valence electrons. The van der Waals surface area contributed by atoms with Gasteiger partial charge in [0.05, 0.1) is 12.1 Å². The molecule has 1 aliphatic rings. The second kappa shape index (κ2) is 3.01. The average Bonchev–Trinajstić information content (AvgIpc) is 2.25. The van der Waals surface area contributed by atoms with E-state index in [4.69, 9.17) is 12.2 Å². The Balaban J connectivity index is 2.67. The van der Waals surface area contributed by atoms with E-state index in [1.807, 2.05) is 13.8 Å². The highest BCUT2D eigenvalue weighted by Crippen LogP contribution is 2.29. The summed E-state index contributed by atoms with van der Waals surface area (Å²) < 4.78 is 4.61. The zero-order chi connectivity index (χ0) is 9.35. The molecular weight excluding hydrogens is 174 g/mol. The highest BCUT2D eigenvalue weighted by molar-refractivity contribution is 7.80. The number of carbonyl (C=O) groups is 1. The maximum Gasteiger partial charge on any atom is 0.328 e. The molecule has 0 bridgehead atoms. The fraction of sp³-hybridized carbons (Fsp3) is 0.750. The standard InChI is InChI=1S/C8H13NO2S/c1-8(2)4-5(6(10)11-3)9-7(8)12/h5H,4H2,1-3H3,(H,9,12). The molecule has 3 nitrogen and oxygen atoms in total. The van der Waals surface area contributed by atoms with Gasteiger partial charge in [0, 0.05) is 5.41 Å². The predicted octanol–water partition coefficient (Wildman–Crippen LogP) is 0.875. The van der Waals surface area contributed by atoms with E-state index in [0.717, 1.165) is 11.4 Å². The molecule has 1 saturated heterocycles. The molecule has 0 saturated carbocycles. The molecule has 0 aromatic carbocycles. The van der Waals surface area contributed by atoms with E-state index >= 15 is 0 Å². The highest BCUT2D eigenvalue weighted by atomic mass is 32.1. The molecule has 0 aliphatic carbocycles. The van der Waals surface area contributed by atoms with Gasteiger partial charge in [-0.05, 0) is 6.42 Å². The topological polar surface area (TPSA) is 38.3 Å². The molecule has 1 fully saturated rings. The SMILES string of the molecule is COC(=O)C1CC(C)(C)C(=S)N1. The molecule has 1 aliphatic heterocycles. The number of nitrogens with one attached hydrogen (secondary N) is 1. The van der Waals surface area contributed by atoms with Crippen molar-refractivity contribution >= 4 is 23.2 Å². The van der Waals surface area contributed by atoms with Crippen molar-refractivity contribution in [3.05, 3.63) is 0 Å². The zero-order valence-electron chi connectivity index (χ0n) is 7.51. The molecule has 0 amide bonds. The quantitative estimate of drug-likeness (QED) is 0.488. The van der Waals surface area contributed by atoms with E-state index in [-0.39, 0.29) is 17.4 Å². The Morgan fingerprint density at radius 2 is 2.33 bits per heavy atom. The third-order valence-corrected chi connectivity index (χ3v) is 2.79. The molecule has 1 rings (SSSR count). The van der Waals surface area contributed by atoms with Crippen LogP contribution in [0.5, 0.6) is 0 Å². The van der Waals surface area contributed by atoms with Crippen LogP contribution in [0.2, 0.25) is 0 Å². The first-order chi connectivity index (χ1) is 5.47. The van der Waals surface area contributed by atoms with E-state index in [2.05, 4.69) is 10.1 Å². The molecule has 12 heavy (non-hydrogen) atoms. The Labute approximate surface area is 77.5 Å². The van der Waals surface area contributed by atoms with Crippen LogP contribution in [0.4, 0.5) is 0 Å². The molecule has 0 spiro atoms. The van der Waals surface area contributed by atoms with Crippen LogP contribution in [-0.2, 0) is 9.53 Å². The van der Waals surface area contributed by atoms with E-state index in [0.29, 0.717) is 0 Å². The molecule has 1 unspecified atom stereocenters. The zero-order valence-corrected chi connectivity index (χ0v) is 8.33. The molecule has 1 heterocycles. The monoisotopic (exact) mass is 187 g/mol. The van der Waals surface area contributed by atoms with Crippen molar-refractivity contribution in [3.8, 4) is 0 Å². The highest BCUT2D eigenvalue weighted by Gasteiger charge is 2.39. The smallest absolute Gasteiger partial charge is 0.328 e. The predicted molar refractivity (Wildman–Crippen MR) is 49.9 cm³/mol. The lowest BCUT2D eigenvalue weighted by Gasteiger charge is -2.14. The summed E-state index contributed by atoms with van der Waals surface area (Å²) in [5, 5.41) is 2.95. The van der Waals surface area contributed by atoms with Crippen molar-refractivity contribution in [1.29, 1.82) is 0 Å². The minimum absolute atomic E-state index is 0.0752. The molecule has 4 heteroatoms. The summed E-state index contributed by atoms with van der Waals surface area (Å²) in [7, 11) is 1.39.